The molecule has 3 heterocycles. The first kappa shape index (κ1) is 19.9. The van der Waals surface area contributed by atoms with Gasteiger partial charge in [0.05, 0.1) is 0 Å². The maximum atomic E-state index is 13.1. The predicted molar refractivity (Wildman–Crippen MR) is 107 cm³/mol. The molecule has 4 rings (SSSR count). The van der Waals surface area contributed by atoms with E-state index in [2.05, 4.69) is 10.2 Å². The quantitative estimate of drug-likeness (QED) is 0.830. The summed E-state index contributed by atoms with van der Waals surface area (Å²) in [6, 6.07) is 6.50. The average molecular weight is 404 g/mol. The molecule has 7 nitrogen and oxygen atoms in total. The van der Waals surface area contributed by atoms with Gasteiger partial charge in [0.15, 0.2) is 0 Å². The molecule has 3 aliphatic heterocycles. The summed E-state index contributed by atoms with van der Waals surface area (Å²) in [5, 5.41) is 3.05. The first-order chi connectivity index (χ1) is 14.1. The van der Waals surface area contributed by atoms with E-state index in [-0.39, 0.29) is 23.9 Å². The maximum absolute atomic E-state index is 13.1. The standard InChI is InChI=1S/C21H29FN4O3/c22-17-3-5-18(6-4-17)26-8-7-16(15-26)14-23-21(28)25-11-9-24(10-12-25)20(27)19-2-1-13-29-19/h3-6,16,19H,1-2,7-15H2,(H,23,28). The van der Waals surface area contributed by atoms with E-state index in [9.17, 15) is 14.0 Å². The number of piperazine rings is 1. The van der Waals surface area contributed by atoms with Crippen LogP contribution in [0.15, 0.2) is 24.3 Å². The van der Waals surface area contributed by atoms with Crippen molar-refractivity contribution in [2.45, 2.75) is 25.4 Å². The third-order valence-electron chi connectivity index (χ3n) is 6.10. The van der Waals surface area contributed by atoms with Crippen molar-refractivity contribution >= 4 is 17.6 Å². The fourth-order valence-electron chi connectivity index (χ4n) is 4.34. The molecule has 0 spiro atoms. The molecule has 0 aromatic heterocycles. The zero-order valence-corrected chi connectivity index (χ0v) is 16.7. The average Bonchev–Trinajstić information content (AvgIpc) is 3.44. The minimum atomic E-state index is -0.290. The van der Waals surface area contributed by atoms with Gasteiger partial charge in [0.1, 0.15) is 11.9 Å². The number of nitrogens with one attached hydrogen (secondary N) is 1. The van der Waals surface area contributed by atoms with Gasteiger partial charge in [-0.2, -0.15) is 0 Å². The minimum absolute atomic E-state index is 0.0607. The summed E-state index contributed by atoms with van der Waals surface area (Å²) >= 11 is 0. The van der Waals surface area contributed by atoms with Gasteiger partial charge in [-0.3, -0.25) is 4.79 Å². The number of anilines is 1. The highest BCUT2D eigenvalue weighted by atomic mass is 19.1. The van der Waals surface area contributed by atoms with Gasteiger partial charge in [0.25, 0.3) is 5.91 Å². The Hall–Kier alpha value is -2.35. The van der Waals surface area contributed by atoms with Gasteiger partial charge in [-0.1, -0.05) is 0 Å². The number of carbonyl (C=O) groups is 2. The van der Waals surface area contributed by atoms with E-state index in [1.165, 1.54) is 12.1 Å². The minimum Gasteiger partial charge on any atom is -0.371 e. The molecular weight excluding hydrogens is 375 g/mol. The van der Waals surface area contributed by atoms with Gasteiger partial charge in [0.2, 0.25) is 0 Å². The third-order valence-corrected chi connectivity index (χ3v) is 6.10. The number of hydrogen-bond donors (Lipinski definition) is 1. The highest BCUT2D eigenvalue weighted by Crippen LogP contribution is 2.23. The van der Waals surface area contributed by atoms with Crippen molar-refractivity contribution in [2.24, 2.45) is 5.92 Å². The van der Waals surface area contributed by atoms with Gasteiger partial charge < -0.3 is 24.8 Å². The zero-order valence-electron chi connectivity index (χ0n) is 16.7. The Morgan fingerprint density at radius 2 is 1.76 bits per heavy atom. The van der Waals surface area contributed by atoms with Crippen LogP contribution in [0.2, 0.25) is 0 Å². The number of ether oxygens (including phenoxy) is 1. The molecule has 1 aromatic carbocycles. The summed E-state index contributed by atoms with van der Waals surface area (Å²) < 4.78 is 18.6. The van der Waals surface area contributed by atoms with Crippen LogP contribution in [0.3, 0.4) is 0 Å². The number of urea groups is 1. The summed E-state index contributed by atoms with van der Waals surface area (Å²) in [5.41, 5.74) is 1.02. The molecule has 0 bridgehead atoms. The molecule has 0 saturated carbocycles. The van der Waals surface area contributed by atoms with Crippen LogP contribution in [-0.4, -0.2) is 80.3 Å². The number of benzene rings is 1. The van der Waals surface area contributed by atoms with Crippen LogP contribution in [0.5, 0.6) is 0 Å². The summed E-state index contributed by atoms with van der Waals surface area (Å²) in [4.78, 5) is 30.7. The van der Waals surface area contributed by atoms with Crippen molar-refractivity contribution in [1.82, 2.24) is 15.1 Å². The number of amides is 3. The molecule has 3 amide bonds. The van der Waals surface area contributed by atoms with Crippen molar-refractivity contribution in [2.75, 3.05) is 57.3 Å². The molecule has 3 fully saturated rings. The molecule has 3 aliphatic rings. The number of halogens is 1. The molecule has 8 heteroatoms. The van der Waals surface area contributed by atoms with Gasteiger partial charge in [-0.15, -0.1) is 0 Å². The lowest BCUT2D eigenvalue weighted by atomic mass is 10.1. The monoisotopic (exact) mass is 404 g/mol. The normalized spacial score (nSPS) is 24.8. The van der Waals surface area contributed by atoms with Gasteiger partial charge in [-0.25, -0.2) is 9.18 Å². The molecule has 0 radical (unpaired) electrons. The molecule has 0 aliphatic carbocycles. The lowest BCUT2D eigenvalue weighted by molar-refractivity contribution is -0.142. The second-order valence-electron chi connectivity index (χ2n) is 8.08. The van der Waals surface area contributed by atoms with E-state index in [0.29, 0.717) is 45.2 Å². The van der Waals surface area contributed by atoms with Crippen LogP contribution in [0.1, 0.15) is 19.3 Å². The smallest absolute Gasteiger partial charge is 0.317 e. The van der Waals surface area contributed by atoms with E-state index < -0.39 is 0 Å². The molecule has 158 valence electrons. The topological polar surface area (TPSA) is 65.1 Å². The van der Waals surface area contributed by atoms with Crippen LogP contribution in [0, 0.1) is 11.7 Å². The molecule has 1 N–H and O–H groups in total. The fraction of sp³-hybridized carbons (Fsp3) is 0.619. The summed E-state index contributed by atoms with van der Waals surface area (Å²) in [6.45, 7) is 5.30. The van der Waals surface area contributed by atoms with E-state index in [1.807, 2.05) is 4.90 Å². The second-order valence-corrected chi connectivity index (χ2v) is 8.08. The Morgan fingerprint density at radius 3 is 2.45 bits per heavy atom. The van der Waals surface area contributed by atoms with Crippen molar-refractivity contribution in [3.63, 3.8) is 0 Å². The highest BCUT2D eigenvalue weighted by Gasteiger charge is 2.31. The molecule has 2 unspecified atom stereocenters. The Morgan fingerprint density at radius 1 is 1.03 bits per heavy atom. The van der Waals surface area contributed by atoms with Crippen molar-refractivity contribution in [3.05, 3.63) is 30.1 Å². The molecular formula is C21H29FN4O3. The lowest BCUT2D eigenvalue weighted by Gasteiger charge is -2.35. The van der Waals surface area contributed by atoms with Crippen LogP contribution in [0.4, 0.5) is 14.9 Å². The van der Waals surface area contributed by atoms with Crippen molar-refractivity contribution in [3.8, 4) is 0 Å². The van der Waals surface area contributed by atoms with Crippen LogP contribution in [-0.2, 0) is 9.53 Å². The second kappa shape index (κ2) is 8.98. The Balaban J connectivity index is 1.18. The third kappa shape index (κ3) is 4.80. The summed E-state index contributed by atoms with van der Waals surface area (Å²) in [7, 11) is 0. The van der Waals surface area contributed by atoms with Gasteiger partial charge in [-0.05, 0) is 49.4 Å². The predicted octanol–water partition coefficient (Wildman–Crippen LogP) is 1.68. The van der Waals surface area contributed by atoms with Crippen LogP contribution in [0.25, 0.3) is 0 Å². The largest absolute Gasteiger partial charge is 0.371 e. The first-order valence-electron chi connectivity index (χ1n) is 10.5. The maximum Gasteiger partial charge on any atom is 0.317 e. The van der Waals surface area contributed by atoms with E-state index >= 15 is 0 Å². The fourth-order valence-corrected chi connectivity index (χ4v) is 4.34. The highest BCUT2D eigenvalue weighted by molar-refractivity contribution is 5.81. The summed E-state index contributed by atoms with van der Waals surface area (Å²) in [6.07, 6.45) is 2.46. The van der Waals surface area contributed by atoms with E-state index in [1.54, 1.807) is 17.0 Å². The number of hydrogen-bond acceptors (Lipinski definition) is 4. The Kier molecular flexibility index (Phi) is 6.18. The van der Waals surface area contributed by atoms with E-state index in [4.69, 9.17) is 4.74 Å². The van der Waals surface area contributed by atoms with Gasteiger partial charge in [0, 0.05) is 58.1 Å². The SMILES string of the molecule is O=C(NCC1CCN(c2ccc(F)cc2)C1)N1CCN(C(=O)C2CCCO2)CC1. The zero-order chi connectivity index (χ0) is 20.2. The molecule has 1 aromatic rings. The lowest BCUT2D eigenvalue weighted by Crippen LogP contribution is -2.55. The number of nitrogens with zero attached hydrogens (tertiary/aromatic N) is 3. The molecule has 2 atom stereocenters. The first-order valence-corrected chi connectivity index (χ1v) is 10.5. The van der Waals surface area contributed by atoms with Gasteiger partial charge >= 0.3 is 6.03 Å². The number of rotatable bonds is 4. The van der Waals surface area contributed by atoms with Crippen LogP contribution < -0.4 is 10.2 Å². The summed E-state index contributed by atoms with van der Waals surface area (Å²) in [5.74, 6) is 0.218. The van der Waals surface area contributed by atoms with Crippen molar-refractivity contribution < 1.29 is 18.7 Å². The van der Waals surface area contributed by atoms with Crippen LogP contribution >= 0.6 is 0 Å². The van der Waals surface area contributed by atoms with E-state index in [0.717, 1.165) is 38.0 Å². The molecule has 29 heavy (non-hydrogen) atoms. The Bertz CT molecular complexity index is 715. The number of carbonyl (C=O) groups excluding carboxylic acids is 2. The molecule has 3 saturated heterocycles. The Labute approximate surface area is 170 Å². The van der Waals surface area contributed by atoms with Crippen molar-refractivity contribution in [1.29, 1.82) is 0 Å².